The normalized spacial score (nSPS) is 24.8. The van der Waals surface area contributed by atoms with Gasteiger partial charge in [-0.2, -0.15) is 0 Å². The van der Waals surface area contributed by atoms with E-state index in [0.717, 1.165) is 32.1 Å². The number of hydrogen-bond acceptors (Lipinski definition) is 3. The van der Waals surface area contributed by atoms with Crippen LogP contribution in [-0.2, 0) is 4.52 Å². The van der Waals surface area contributed by atoms with Crippen LogP contribution in [0, 0.1) is 0 Å². The average molecular weight is 235 g/mol. The Morgan fingerprint density at radius 3 is 2.00 bits per heavy atom. The summed E-state index contributed by atoms with van der Waals surface area (Å²) in [5.74, 6) is -4.76. The number of rotatable bonds is 2. The predicted octanol–water partition coefficient (Wildman–Crippen LogP) is 2.93. The first kappa shape index (κ1) is 11.0. The maximum atomic E-state index is 9.03. The van der Waals surface area contributed by atoms with Crippen molar-refractivity contribution < 1.29 is 14.3 Å². The fraction of sp³-hybridized carbons (Fsp3) is 1.00. The first-order valence-electron chi connectivity index (χ1n) is 3.97. The van der Waals surface area contributed by atoms with Gasteiger partial charge in [-0.1, -0.05) is 0 Å². The molecule has 6 heteroatoms. The topological polar surface area (TPSA) is 49.7 Å². The summed E-state index contributed by atoms with van der Waals surface area (Å²) in [5, 5.41) is 0. The van der Waals surface area contributed by atoms with Crippen LogP contribution in [0.3, 0.4) is 0 Å². The molecule has 12 heavy (non-hydrogen) atoms. The summed E-state index contributed by atoms with van der Waals surface area (Å²) in [6.07, 6.45) is 4.64. The van der Waals surface area contributed by atoms with E-state index in [2.05, 4.69) is 0 Å². The van der Waals surface area contributed by atoms with Crippen molar-refractivity contribution in [3.63, 3.8) is 0 Å². The third kappa shape index (κ3) is 4.80. The first-order chi connectivity index (χ1) is 5.33. The fourth-order valence-corrected chi connectivity index (χ4v) is 2.80. The molecule has 0 radical (unpaired) electrons. The molecule has 0 bridgehead atoms. The molecule has 0 aromatic rings. The second-order valence-electron chi connectivity index (χ2n) is 3.12. The van der Waals surface area contributed by atoms with Gasteiger partial charge in [0, 0.05) is 0 Å². The van der Waals surface area contributed by atoms with Gasteiger partial charge in [0.05, 0.1) is 0 Å². The molecule has 1 saturated carbocycles. The van der Waals surface area contributed by atoms with E-state index >= 15 is 0 Å². The zero-order valence-electron chi connectivity index (χ0n) is 6.62. The summed E-state index contributed by atoms with van der Waals surface area (Å²) in [5.41, 5.74) is 0. The van der Waals surface area contributed by atoms with E-state index < -0.39 is 5.99 Å². The van der Waals surface area contributed by atoms with Crippen LogP contribution in [0.4, 0.5) is 0 Å². The number of hydrogen-bond donors (Lipinski definition) is 2. The average Bonchev–Trinajstić information content (AvgIpc) is 1.83. The molecule has 0 spiro atoms. The van der Waals surface area contributed by atoms with Gasteiger partial charge in [0.25, 0.3) is 0 Å². The monoisotopic (exact) mass is 234 g/mol. The van der Waals surface area contributed by atoms with Gasteiger partial charge in [-0.3, -0.25) is 0 Å². The summed E-state index contributed by atoms with van der Waals surface area (Å²) >= 11 is 10.4. The zero-order valence-corrected chi connectivity index (χ0v) is 9.02. The van der Waals surface area contributed by atoms with Crippen molar-refractivity contribution in [3.8, 4) is 0 Å². The van der Waals surface area contributed by atoms with E-state index in [1.54, 1.807) is 0 Å². The Bertz CT molecular complexity index is 153. The molecule has 0 saturated heterocycles. The van der Waals surface area contributed by atoms with E-state index in [4.69, 9.17) is 36.8 Å². The SMILES string of the molecule is OP(O)(Cl)(Cl)OC1CCCCC1. The van der Waals surface area contributed by atoms with E-state index in [-0.39, 0.29) is 6.10 Å². The maximum absolute atomic E-state index is 9.03. The Morgan fingerprint density at radius 1 is 1.08 bits per heavy atom. The van der Waals surface area contributed by atoms with Crippen LogP contribution in [0.5, 0.6) is 0 Å². The Labute approximate surface area is 81.4 Å². The van der Waals surface area contributed by atoms with Crippen LogP contribution >= 0.6 is 28.5 Å². The van der Waals surface area contributed by atoms with E-state index in [1.807, 2.05) is 0 Å². The summed E-state index contributed by atoms with van der Waals surface area (Å²) in [7, 11) is 0. The molecule has 1 rings (SSSR count). The van der Waals surface area contributed by atoms with Gasteiger partial charge in [0.1, 0.15) is 0 Å². The molecular weight excluding hydrogens is 222 g/mol. The van der Waals surface area contributed by atoms with Gasteiger partial charge in [-0.15, -0.1) is 0 Å². The van der Waals surface area contributed by atoms with E-state index in [0.29, 0.717) is 0 Å². The van der Waals surface area contributed by atoms with Gasteiger partial charge >= 0.3 is 81.0 Å². The Kier molecular flexibility index (Phi) is 3.26. The molecule has 0 amide bonds. The van der Waals surface area contributed by atoms with Crippen molar-refractivity contribution in [2.24, 2.45) is 0 Å². The standard InChI is InChI=1S/C6H13Cl2O3P/c7-12(8,9,10)11-6-4-2-1-3-5-6/h6,9-10H,1-5H2. The summed E-state index contributed by atoms with van der Waals surface area (Å²) in [6.45, 7) is 0. The zero-order chi connectivity index (χ0) is 9.27. The molecule has 0 unspecified atom stereocenters. The second-order valence-corrected chi connectivity index (χ2v) is 9.02. The predicted molar refractivity (Wildman–Crippen MR) is 51.0 cm³/mol. The van der Waals surface area contributed by atoms with Crippen LogP contribution in [0.1, 0.15) is 32.1 Å². The summed E-state index contributed by atoms with van der Waals surface area (Å²) in [4.78, 5) is 18.1. The molecule has 1 aliphatic carbocycles. The van der Waals surface area contributed by atoms with Gasteiger partial charge in [-0.05, 0) is 0 Å². The van der Waals surface area contributed by atoms with Gasteiger partial charge in [0.2, 0.25) is 0 Å². The number of halogens is 2. The molecule has 1 aliphatic rings. The van der Waals surface area contributed by atoms with E-state index in [1.165, 1.54) is 0 Å². The molecule has 0 heterocycles. The van der Waals surface area contributed by atoms with Gasteiger partial charge < -0.3 is 0 Å². The Morgan fingerprint density at radius 2 is 1.58 bits per heavy atom. The third-order valence-corrected chi connectivity index (χ3v) is 3.00. The van der Waals surface area contributed by atoms with Crippen LogP contribution in [-0.4, -0.2) is 15.9 Å². The third-order valence-electron chi connectivity index (χ3n) is 1.88. The molecule has 3 nitrogen and oxygen atoms in total. The summed E-state index contributed by atoms with van der Waals surface area (Å²) in [6, 6.07) is 0. The molecule has 1 fully saturated rings. The first-order valence-corrected chi connectivity index (χ1v) is 7.84. The Balaban J connectivity index is 2.40. The molecule has 2 N–H and O–H groups in total. The quantitative estimate of drug-likeness (QED) is 0.723. The van der Waals surface area contributed by atoms with E-state index in [9.17, 15) is 0 Å². The van der Waals surface area contributed by atoms with Gasteiger partial charge in [0.15, 0.2) is 0 Å². The molecular formula is C6H13Cl2O3P. The molecule has 0 aliphatic heterocycles. The fourth-order valence-electron chi connectivity index (χ4n) is 1.42. The molecule has 74 valence electrons. The molecule has 0 aromatic carbocycles. The molecule has 0 aromatic heterocycles. The minimum atomic E-state index is -4.76. The van der Waals surface area contributed by atoms with Crippen molar-refractivity contribution in [2.75, 3.05) is 0 Å². The van der Waals surface area contributed by atoms with Crippen LogP contribution in [0.15, 0.2) is 0 Å². The van der Waals surface area contributed by atoms with Crippen molar-refractivity contribution in [1.29, 1.82) is 0 Å². The van der Waals surface area contributed by atoms with Crippen molar-refractivity contribution in [3.05, 3.63) is 0 Å². The second kappa shape index (κ2) is 3.56. The van der Waals surface area contributed by atoms with Gasteiger partial charge in [-0.25, -0.2) is 0 Å². The summed E-state index contributed by atoms with van der Waals surface area (Å²) < 4.78 is 4.84. The molecule has 0 atom stereocenters. The van der Waals surface area contributed by atoms with Crippen molar-refractivity contribution in [1.82, 2.24) is 0 Å². The minimum absolute atomic E-state index is 0.193. The van der Waals surface area contributed by atoms with Crippen molar-refractivity contribution >= 4 is 28.5 Å². The van der Waals surface area contributed by atoms with Crippen LogP contribution in [0.25, 0.3) is 0 Å². The van der Waals surface area contributed by atoms with Crippen LogP contribution in [0.2, 0.25) is 0 Å². The van der Waals surface area contributed by atoms with Crippen molar-refractivity contribution in [2.45, 2.75) is 38.2 Å². The Hall–Kier alpha value is 0.890. The van der Waals surface area contributed by atoms with Crippen LogP contribution < -0.4 is 0 Å².